The van der Waals surface area contributed by atoms with E-state index in [2.05, 4.69) is 0 Å². The van der Waals surface area contributed by atoms with Gasteiger partial charge in [-0.15, -0.1) is 0 Å². The highest BCUT2D eigenvalue weighted by Gasteiger charge is 2.09. The summed E-state index contributed by atoms with van der Waals surface area (Å²) in [4.78, 5) is 10.4. The van der Waals surface area contributed by atoms with Crippen LogP contribution in [0.1, 0.15) is 0 Å². The van der Waals surface area contributed by atoms with E-state index in [1.54, 1.807) is 0 Å². The van der Waals surface area contributed by atoms with Gasteiger partial charge in [0.15, 0.2) is 9.84 Å². The van der Waals surface area contributed by atoms with E-state index < -0.39 is 15.7 Å². The van der Waals surface area contributed by atoms with Crippen molar-refractivity contribution in [1.29, 1.82) is 0 Å². The highest BCUT2D eigenvalue weighted by molar-refractivity contribution is 7.94. The Morgan fingerprint density at radius 3 is 2.20 bits per heavy atom. The molecule has 0 saturated heterocycles. The highest BCUT2D eigenvalue weighted by atomic mass is 32.2. The fraction of sp³-hybridized carbons (Fsp3) is 0. The molecule has 0 aliphatic carbocycles. The summed E-state index contributed by atoms with van der Waals surface area (Å²) in [7, 11) is -3.61. The van der Waals surface area contributed by atoms with E-state index in [0.717, 1.165) is 11.5 Å². The second-order valence-electron chi connectivity index (χ2n) is 2.82. The van der Waals surface area contributed by atoms with E-state index in [1.165, 1.54) is 24.3 Å². The molecule has 4 N–H and O–H groups in total. The molecule has 1 aromatic carbocycles. The minimum absolute atomic E-state index is 0.0641. The van der Waals surface area contributed by atoms with Gasteiger partial charge < -0.3 is 11.5 Å². The number of rotatable bonds is 3. The summed E-state index contributed by atoms with van der Waals surface area (Å²) < 4.78 is 23.0. The lowest BCUT2D eigenvalue weighted by molar-refractivity contribution is -0.113. The van der Waals surface area contributed by atoms with Crippen molar-refractivity contribution in [3.8, 4) is 0 Å². The maximum Gasteiger partial charge on any atom is 0.242 e. The monoisotopic (exact) mass is 226 g/mol. The predicted octanol–water partition coefficient (Wildman–Crippen LogP) is 0.0415. The molecule has 1 rings (SSSR count). The molecule has 6 heteroatoms. The van der Waals surface area contributed by atoms with Gasteiger partial charge in [0.25, 0.3) is 0 Å². The number of nitrogens with two attached hydrogens (primary N) is 2. The lowest BCUT2D eigenvalue weighted by atomic mass is 10.3. The minimum atomic E-state index is -3.61. The lowest BCUT2D eigenvalue weighted by Gasteiger charge is -1.98. The second-order valence-corrected chi connectivity index (χ2v) is 4.65. The Kier molecular flexibility index (Phi) is 3.11. The third-order valence-electron chi connectivity index (χ3n) is 1.62. The molecule has 0 saturated carbocycles. The van der Waals surface area contributed by atoms with E-state index in [0.29, 0.717) is 5.69 Å². The maximum atomic E-state index is 11.5. The van der Waals surface area contributed by atoms with Crippen molar-refractivity contribution >= 4 is 21.4 Å². The van der Waals surface area contributed by atoms with Gasteiger partial charge in [-0.2, -0.15) is 0 Å². The van der Waals surface area contributed by atoms with Crippen LogP contribution < -0.4 is 11.5 Å². The number of primary amides is 1. The van der Waals surface area contributed by atoms with Crippen molar-refractivity contribution in [3.63, 3.8) is 0 Å². The van der Waals surface area contributed by atoms with Gasteiger partial charge in [-0.1, -0.05) is 0 Å². The van der Waals surface area contributed by atoms with Crippen LogP contribution in [0, 0.1) is 0 Å². The number of carbonyl (C=O) groups is 1. The SMILES string of the molecule is NC(=O)/C=C/S(=O)(=O)c1ccc(N)cc1. The van der Waals surface area contributed by atoms with Crippen LogP contribution in [0.2, 0.25) is 0 Å². The number of sulfone groups is 1. The van der Waals surface area contributed by atoms with Gasteiger partial charge in [0.2, 0.25) is 5.91 Å². The number of hydrogen-bond donors (Lipinski definition) is 2. The van der Waals surface area contributed by atoms with Crippen LogP contribution in [0.25, 0.3) is 0 Å². The minimum Gasteiger partial charge on any atom is -0.399 e. The van der Waals surface area contributed by atoms with E-state index >= 15 is 0 Å². The molecule has 15 heavy (non-hydrogen) atoms. The second kappa shape index (κ2) is 4.14. The van der Waals surface area contributed by atoms with Crippen molar-refractivity contribution in [2.45, 2.75) is 4.90 Å². The van der Waals surface area contributed by atoms with Crippen LogP contribution in [0.15, 0.2) is 40.6 Å². The van der Waals surface area contributed by atoms with E-state index in [9.17, 15) is 13.2 Å². The Labute approximate surface area is 87.3 Å². The largest absolute Gasteiger partial charge is 0.399 e. The summed E-state index contributed by atoms with van der Waals surface area (Å²) in [6.07, 6.45) is 0.797. The Morgan fingerprint density at radius 1 is 1.20 bits per heavy atom. The third kappa shape index (κ3) is 3.10. The Hall–Kier alpha value is -1.82. The summed E-state index contributed by atoms with van der Waals surface area (Å²) in [6.45, 7) is 0. The van der Waals surface area contributed by atoms with Gasteiger partial charge in [0, 0.05) is 17.2 Å². The molecular weight excluding hydrogens is 216 g/mol. The Morgan fingerprint density at radius 2 is 1.73 bits per heavy atom. The molecule has 1 aromatic rings. The van der Waals surface area contributed by atoms with Gasteiger partial charge in [-0.3, -0.25) is 4.79 Å². The number of amides is 1. The van der Waals surface area contributed by atoms with Crippen LogP contribution in [0.4, 0.5) is 5.69 Å². The Bertz CT molecular complexity index is 489. The van der Waals surface area contributed by atoms with Crippen LogP contribution in [-0.2, 0) is 14.6 Å². The molecule has 0 fully saturated rings. The third-order valence-corrected chi connectivity index (χ3v) is 3.04. The Balaban J connectivity index is 3.07. The zero-order valence-corrected chi connectivity index (χ0v) is 8.57. The molecule has 0 aliphatic heterocycles. The first-order valence-electron chi connectivity index (χ1n) is 4.00. The van der Waals surface area contributed by atoms with Crippen LogP contribution >= 0.6 is 0 Å². The molecule has 0 bridgehead atoms. The summed E-state index contributed by atoms with van der Waals surface area (Å²) in [5.41, 5.74) is 10.7. The van der Waals surface area contributed by atoms with Crippen molar-refractivity contribution in [1.82, 2.24) is 0 Å². The van der Waals surface area contributed by atoms with Crippen molar-refractivity contribution in [2.75, 3.05) is 5.73 Å². The quantitative estimate of drug-likeness (QED) is 0.561. The van der Waals surface area contributed by atoms with E-state index in [4.69, 9.17) is 11.5 Å². The van der Waals surface area contributed by atoms with Gasteiger partial charge in [0.05, 0.1) is 4.90 Å². The van der Waals surface area contributed by atoms with Gasteiger partial charge in [-0.05, 0) is 24.3 Å². The van der Waals surface area contributed by atoms with Crippen LogP contribution in [-0.4, -0.2) is 14.3 Å². The van der Waals surface area contributed by atoms with Crippen molar-refractivity contribution in [2.24, 2.45) is 5.73 Å². The summed E-state index contributed by atoms with van der Waals surface area (Å²) in [6, 6.07) is 5.64. The number of benzene rings is 1. The number of nitrogen functional groups attached to an aromatic ring is 1. The zero-order valence-electron chi connectivity index (χ0n) is 7.75. The first-order chi connectivity index (χ1) is 6.92. The topological polar surface area (TPSA) is 103 Å². The number of anilines is 1. The molecule has 0 atom stereocenters. The molecule has 1 amide bonds. The number of hydrogen-bond acceptors (Lipinski definition) is 4. The van der Waals surface area contributed by atoms with Crippen molar-refractivity contribution in [3.05, 3.63) is 35.7 Å². The fourth-order valence-corrected chi connectivity index (χ4v) is 1.88. The molecule has 80 valence electrons. The first-order valence-corrected chi connectivity index (χ1v) is 5.54. The molecule has 0 radical (unpaired) electrons. The van der Waals surface area contributed by atoms with Gasteiger partial charge in [0.1, 0.15) is 0 Å². The van der Waals surface area contributed by atoms with Gasteiger partial charge in [-0.25, -0.2) is 8.42 Å². The molecule has 0 spiro atoms. The zero-order chi connectivity index (χ0) is 11.5. The average molecular weight is 226 g/mol. The standard InChI is InChI=1S/C9H10N2O3S/c10-7-1-3-8(4-2-7)15(13,14)6-5-9(11)12/h1-6H,10H2,(H2,11,12)/b6-5+. The highest BCUT2D eigenvalue weighted by Crippen LogP contribution is 2.13. The smallest absolute Gasteiger partial charge is 0.242 e. The summed E-state index contributed by atoms with van der Waals surface area (Å²) in [5.74, 6) is -0.811. The fourth-order valence-electron chi connectivity index (χ4n) is 0.893. The normalized spacial score (nSPS) is 11.7. The van der Waals surface area contributed by atoms with E-state index in [1.807, 2.05) is 0 Å². The van der Waals surface area contributed by atoms with Crippen molar-refractivity contribution < 1.29 is 13.2 Å². The summed E-state index contributed by atoms with van der Waals surface area (Å²) in [5, 5.41) is 0.765. The molecule has 0 unspecified atom stereocenters. The van der Waals surface area contributed by atoms with Crippen LogP contribution in [0.5, 0.6) is 0 Å². The molecule has 0 aromatic heterocycles. The molecular formula is C9H10N2O3S. The molecule has 0 heterocycles. The number of carbonyl (C=O) groups excluding carboxylic acids is 1. The average Bonchev–Trinajstić information content (AvgIpc) is 2.16. The maximum absolute atomic E-state index is 11.5. The predicted molar refractivity (Wildman–Crippen MR) is 56.4 cm³/mol. The van der Waals surface area contributed by atoms with Crippen LogP contribution in [0.3, 0.4) is 0 Å². The van der Waals surface area contributed by atoms with E-state index in [-0.39, 0.29) is 4.90 Å². The molecule has 5 nitrogen and oxygen atoms in total. The van der Waals surface area contributed by atoms with Gasteiger partial charge >= 0.3 is 0 Å². The lowest BCUT2D eigenvalue weighted by Crippen LogP contribution is -2.07. The summed E-state index contributed by atoms with van der Waals surface area (Å²) >= 11 is 0. The molecule has 0 aliphatic rings. The first kappa shape index (κ1) is 11.3.